The summed E-state index contributed by atoms with van der Waals surface area (Å²) in [7, 11) is 1.63. The Morgan fingerprint density at radius 1 is 1.42 bits per heavy atom. The molecule has 0 saturated carbocycles. The van der Waals surface area contributed by atoms with E-state index in [2.05, 4.69) is 4.99 Å². The minimum Gasteiger partial charge on any atom is -0.497 e. The van der Waals surface area contributed by atoms with Crippen LogP contribution in [0.2, 0.25) is 0 Å². The van der Waals surface area contributed by atoms with Crippen LogP contribution in [0.25, 0.3) is 0 Å². The number of thioether (sulfide) groups is 1. The Hall–Kier alpha value is -1.49. The van der Waals surface area contributed by atoms with Crippen LogP contribution in [0.5, 0.6) is 5.75 Å². The van der Waals surface area contributed by atoms with E-state index in [1.165, 1.54) is 11.8 Å². The third-order valence-corrected chi connectivity index (χ3v) is 4.15. The molecule has 0 bridgehead atoms. The molecule has 0 radical (unpaired) electrons. The zero-order valence-corrected chi connectivity index (χ0v) is 12.1. The van der Waals surface area contributed by atoms with Crippen LogP contribution < -0.4 is 4.74 Å². The first-order valence-corrected chi connectivity index (χ1v) is 7.12. The van der Waals surface area contributed by atoms with Crippen LogP contribution in [0, 0.1) is 0 Å². The van der Waals surface area contributed by atoms with Gasteiger partial charge in [0.05, 0.1) is 19.4 Å². The highest BCUT2D eigenvalue weighted by atomic mass is 32.2. The highest BCUT2D eigenvalue weighted by Crippen LogP contribution is 2.35. The van der Waals surface area contributed by atoms with Crippen molar-refractivity contribution in [1.29, 1.82) is 0 Å². The maximum atomic E-state index is 11.9. The maximum Gasteiger partial charge on any atom is 0.344 e. The third-order valence-electron chi connectivity index (χ3n) is 2.92. The highest BCUT2D eigenvalue weighted by Gasteiger charge is 2.40. The van der Waals surface area contributed by atoms with Crippen LogP contribution in [0.3, 0.4) is 0 Å². The first-order valence-electron chi connectivity index (χ1n) is 6.13. The Morgan fingerprint density at radius 2 is 2.11 bits per heavy atom. The fourth-order valence-electron chi connectivity index (χ4n) is 1.83. The van der Waals surface area contributed by atoms with Crippen molar-refractivity contribution in [3.63, 3.8) is 0 Å². The van der Waals surface area contributed by atoms with Crippen LogP contribution in [0.4, 0.5) is 0 Å². The lowest BCUT2D eigenvalue weighted by molar-refractivity contribution is -0.145. The lowest BCUT2D eigenvalue weighted by atomic mass is 10.1. The summed E-state index contributed by atoms with van der Waals surface area (Å²) in [4.78, 5) is 15.6. The molecule has 1 aromatic carbocycles. The van der Waals surface area contributed by atoms with Crippen LogP contribution in [-0.4, -0.2) is 36.0 Å². The standard InChI is InChI=1S/C14H17NO3S/c1-4-18-13(16)14(2)15-12(9-19-14)10-5-7-11(17-3)8-6-10/h5-8H,4,9H2,1-3H3. The molecule has 5 heteroatoms. The molecule has 2 rings (SSSR count). The summed E-state index contributed by atoms with van der Waals surface area (Å²) in [5.74, 6) is 1.24. The lowest BCUT2D eigenvalue weighted by Crippen LogP contribution is -2.29. The molecule has 0 aliphatic carbocycles. The van der Waals surface area contributed by atoms with Crippen molar-refractivity contribution in [2.75, 3.05) is 19.5 Å². The van der Waals surface area contributed by atoms with Gasteiger partial charge in [0, 0.05) is 5.75 Å². The van der Waals surface area contributed by atoms with Crippen LogP contribution in [0.1, 0.15) is 19.4 Å². The molecular formula is C14H17NO3S. The molecular weight excluding hydrogens is 262 g/mol. The fourth-order valence-corrected chi connectivity index (χ4v) is 2.83. The first kappa shape index (κ1) is 13.9. The third kappa shape index (κ3) is 2.92. The van der Waals surface area contributed by atoms with Crippen molar-refractivity contribution >= 4 is 23.4 Å². The van der Waals surface area contributed by atoms with Gasteiger partial charge in [-0.3, -0.25) is 4.99 Å². The minimum atomic E-state index is -0.814. The molecule has 0 amide bonds. The number of aliphatic imine (C=N–C) groups is 1. The topological polar surface area (TPSA) is 47.9 Å². The Balaban J connectivity index is 2.19. The second-order valence-corrected chi connectivity index (χ2v) is 5.65. The molecule has 1 heterocycles. The molecule has 0 fully saturated rings. The predicted molar refractivity (Wildman–Crippen MR) is 77.0 cm³/mol. The van der Waals surface area contributed by atoms with Gasteiger partial charge in [-0.25, -0.2) is 4.79 Å². The largest absolute Gasteiger partial charge is 0.497 e. The monoisotopic (exact) mass is 279 g/mol. The number of benzene rings is 1. The molecule has 1 unspecified atom stereocenters. The van der Waals surface area contributed by atoms with Gasteiger partial charge in [0.1, 0.15) is 5.75 Å². The number of hydrogen-bond acceptors (Lipinski definition) is 5. The second-order valence-electron chi connectivity index (χ2n) is 4.28. The average Bonchev–Trinajstić information content (AvgIpc) is 2.83. The summed E-state index contributed by atoms with van der Waals surface area (Å²) >= 11 is 1.50. The smallest absolute Gasteiger partial charge is 0.344 e. The summed E-state index contributed by atoms with van der Waals surface area (Å²) in [5.41, 5.74) is 1.93. The quantitative estimate of drug-likeness (QED) is 0.795. The Bertz CT molecular complexity index is 498. The number of ether oxygens (including phenoxy) is 2. The van der Waals surface area contributed by atoms with Gasteiger partial charge in [-0.1, -0.05) is 0 Å². The van der Waals surface area contributed by atoms with Gasteiger partial charge in [-0.05, 0) is 43.7 Å². The molecule has 0 aromatic heterocycles. The number of rotatable bonds is 4. The maximum absolute atomic E-state index is 11.9. The number of nitrogens with zero attached hydrogens (tertiary/aromatic N) is 1. The van der Waals surface area contributed by atoms with Gasteiger partial charge in [-0.15, -0.1) is 11.8 Å². The molecule has 1 aromatic rings. The van der Waals surface area contributed by atoms with Crippen LogP contribution >= 0.6 is 11.8 Å². The highest BCUT2D eigenvalue weighted by molar-refractivity contribution is 8.02. The summed E-state index contributed by atoms with van der Waals surface area (Å²) < 4.78 is 10.2. The van der Waals surface area contributed by atoms with E-state index < -0.39 is 4.87 Å². The summed E-state index contributed by atoms with van der Waals surface area (Å²) in [5, 5.41) is 0. The van der Waals surface area contributed by atoms with Crippen molar-refractivity contribution in [2.24, 2.45) is 4.99 Å². The SMILES string of the molecule is CCOC(=O)C1(C)N=C(c2ccc(OC)cc2)CS1. The van der Waals surface area contributed by atoms with Crippen molar-refractivity contribution in [1.82, 2.24) is 0 Å². The van der Waals surface area contributed by atoms with Gasteiger partial charge >= 0.3 is 5.97 Å². The lowest BCUT2D eigenvalue weighted by Gasteiger charge is -2.16. The van der Waals surface area contributed by atoms with E-state index in [1.807, 2.05) is 24.3 Å². The van der Waals surface area contributed by atoms with Crippen LogP contribution in [-0.2, 0) is 9.53 Å². The van der Waals surface area contributed by atoms with Crippen LogP contribution in [0.15, 0.2) is 29.3 Å². The van der Waals surface area contributed by atoms with E-state index in [9.17, 15) is 4.79 Å². The van der Waals surface area contributed by atoms with Crippen molar-refractivity contribution in [3.8, 4) is 5.75 Å². The number of hydrogen-bond donors (Lipinski definition) is 0. The molecule has 0 N–H and O–H groups in total. The zero-order valence-electron chi connectivity index (χ0n) is 11.3. The Labute approximate surface area is 117 Å². The van der Waals surface area contributed by atoms with Gasteiger partial charge in [-0.2, -0.15) is 0 Å². The molecule has 19 heavy (non-hydrogen) atoms. The van der Waals surface area contributed by atoms with E-state index in [-0.39, 0.29) is 5.97 Å². The second kappa shape index (κ2) is 5.65. The normalized spacial score (nSPS) is 21.9. The summed E-state index contributed by atoms with van der Waals surface area (Å²) in [6.45, 7) is 3.98. The molecule has 1 aliphatic rings. The van der Waals surface area contributed by atoms with Gasteiger partial charge in [0.25, 0.3) is 0 Å². The zero-order chi connectivity index (χ0) is 13.9. The molecule has 4 nitrogen and oxygen atoms in total. The van der Waals surface area contributed by atoms with Gasteiger partial charge < -0.3 is 9.47 Å². The molecule has 0 saturated heterocycles. The van der Waals surface area contributed by atoms with E-state index in [4.69, 9.17) is 9.47 Å². The van der Waals surface area contributed by atoms with E-state index in [0.717, 1.165) is 17.0 Å². The van der Waals surface area contributed by atoms with Gasteiger partial charge in [0.2, 0.25) is 4.87 Å². The molecule has 0 spiro atoms. The van der Waals surface area contributed by atoms with E-state index in [0.29, 0.717) is 12.4 Å². The number of methoxy groups -OCH3 is 1. The number of carbonyl (C=O) groups excluding carboxylic acids is 1. The molecule has 102 valence electrons. The Morgan fingerprint density at radius 3 is 2.68 bits per heavy atom. The molecule has 1 atom stereocenters. The Kier molecular flexibility index (Phi) is 4.14. The predicted octanol–water partition coefficient (Wildman–Crippen LogP) is 2.51. The molecule has 1 aliphatic heterocycles. The number of carbonyl (C=O) groups is 1. The van der Waals surface area contributed by atoms with Crippen molar-refractivity contribution in [3.05, 3.63) is 29.8 Å². The van der Waals surface area contributed by atoms with Crippen molar-refractivity contribution < 1.29 is 14.3 Å². The fraction of sp³-hybridized carbons (Fsp3) is 0.429. The van der Waals surface area contributed by atoms with Crippen molar-refractivity contribution in [2.45, 2.75) is 18.7 Å². The van der Waals surface area contributed by atoms with Gasteiger partial charge in [0.15, 0.2) is 0 Å². The van der Waals surface area contributed by atoms with E-state index >= 15 is 0 Å². The summed E-state index contributed by atoms with van der Waals surface area (Å²) in [6, 6.07) is 7.69. The van der Waals surface area contributed by atoms with E-state index in [1.54, 1.807) is 21.0 Å². The minimum absolute atomic E-state index is 0.275. The first-order chi connectivity index (χ1) is 9.09. The average molecular weight is 279 g/mol. The summed E-state index contributed by atoms with van der Waals surface area (Å²) in [6.07, 6.45) is 0. The number of esters is 1.